The second-order valence-corrected chi connectivity index (χ2v) is 5.89. The summed E-state index contributed by atoms with van der Waals surface area (Å²) in [6.07, 6.45) is 0.823. The molecule has 5 heteroatoms. The molecule has 3 aromatic rings. The molecule has 0 aliphatic carbocycles. The van der Waals surface area contributed by atoms with E-state index in [9.17, 15) is 4.79 Å². The van der Waals surface area contributed by atoms with E-state index in [2.05, 4.69) is 26.9 Å². The van der Waals surface area contributed by atoms with E-state index in [1.165, 1.54) is 0 Å². The van der Waals surface area contributed by atoms with Crippen molar-refractivity contribution in [1.29, 1.82) is 0 Å². The zero-order valence-corrected chi connectivity index (χ0v) is 12.9. The van der Waals surface area contributed by atoms with Crippen LogP contribution >= 0.6 is 0 Å². The third kappa shape index (κ3) is 2.39. The molecular formula is C18H18N4O. The van der Waals surface area contributed by atoms with Gasteiger partial charge < -0.3 is 10.6 Å². The molecule has 116 valence electrons. The van der Waals surface area contributed by atoms with E-state index < -0.39 is 0 Å². The number of rotatable bonds is 2. The van der Waals surface area contributed by atoms with Crippen molar-refractivity contribution in [2.24, 2.45) is 0 Å². The van der Waals surface area contributed by atoms with Crippen LogP contribution in [0.5, 0.6) is 0 Å². The summed E-state index contributed by atoms with van der Waals surface area (Å²) in [5.74, 6) is -0.149. The molecule has 0 spiro atoms. The Hall–Kier alpha value is -2.66. The van der Waals surface area contributed by atoms with Gasteiger partial charge in [0, 0.05) is 17.5 Å². The summed E-state index contributed by atoms with van der Waals surface area (Å²) in [6.45, 7) is 3.62. The second-order valence-electron chi connectivity index (χ2n) is 5.89. The van der Waals surface area contributed by atoms with Crippen LogP contribution in [-0.4, -0.2) is 22.6 Å². The molecule has 0 bridgehead atoms. The van der Waals surface area contributed by atoms with Crippen LogP contribution in [-0.2, 0) is 13.0 Å². The monoisotopic (exact) mass is 306 g/mol. The highest BCUT2D eigenvalue weighted by Crippen LogP contribution is 2.28. The number of carbonyl (C=O) groups is 1. The Morgan fingerprint density at radius 2 is 2.09 bits per heavy atom. The Labute approximate surface area is 134 Å². The Kier molecular flexibility index (Phi) is 3.35. The van der Waals surface area contributed by atoms with Gasteiger partial charge in [-0.15, -0.1) is 0 Å². The maximum Gasteiger partial charge on any atom is 0.276 e. The van der Waals surface area contributed by atoms with E-state index in [1.807, 2.05) is 37.3 Å². The van der Waals surface area contributed by atoms with Gasteiger partial charge in [0.2, 0.25) is 0 Å². The number of amides is 1. The summed E-state index contributed by atoms with van der Waals surface area (Å²) in [5.41, 5.74) is 4.45. The molecule has 1 amide bonds. The van der Waals surface area contributed by atoms with Gasteiger partial charge in [0.25, 0.3) is 5.91 Å². The molecule has 4 rings (SSSR count). The normalized spacial score (nSPS) is 13.8. The van der Waals surface area contributed by atoms with Crippen molar-refractivity contribution in [3.05, 3.63) is 58.9 Å². The summed E-state index contributed by atoms with van der Waals surface area (Å²) in [4.78, 5) is 12.7. The van der Waals surface area contributed by atoms with Crippen LogP contribution in [0.15, 0.2) is 36.4 Å². The number of aryl methyl sites for hydroxylation is 1. The van der Waals surface area contributed by atoms with Crippen molar-refractivity contribution in [1.82, 2.24) is 15.5 Å². The first-order valence-electron chi connectivity index (χ1n) is 7.80. The molecular weight excluding hydrogens is 288 g/mol. The quantitative estimate of drug-likeness (QED) is 0.682. The molecule has 5 nitrogen and oxygen atoms in total. The lowest BCUT2D eigenvalue weighted by molar-refractivity contribution is 0.102. The number of anilines is 1. The Bertz CT molecular complexity index is 897. The molecule has 0 atom stereocenters. The largest absolute Gasteiger partial charge is 0.320 e. The smallest absolute Gasteiger partial charge is 0.276 e. The number of benzene rings is 2. The lowest BCUT2D eigenvalue weighted by atomic mass is 10.0. The maximum absolute atomic E-state index is 12.7. The highest BCUT2D eigenvalue weighted by molar-refractivity contribution is 6.09. The van der Waals surface area contributed by atoms with E-state index in [0.29, 0.717) is 5.69 Å². The summed E-state index contributed by atoms with van der Waals surface area (Å²) in [5, 5.41) is 15.7. The number of carbonyl (C=O) groups excluding carboxylic acids is 1. The first-order chi connectivity index (χ1) is 11.2. The fourth-order valence-corrected chi connectivity index (χ4v) is 3.15. The van der Waals surface area contributed by atoms with Crippen molar-refractivity contribution in [3.8, 4) is 0 Å². The van der Waals surface area contributed by atoms with Crippen LogP contribution < -0.4 is 10.6 Å². The molecule has 3 N–H and O–H groups in total. The van der Waals surface area contributed by atoms with Crippen LogP contribution in [0.25, 0.3) is 10.8 Å². The Morgan fingerprint density at radius 3 is 3.00 bits per heavy atom. The minimum atomic E-state index is -0.149. The first kappa shape index (κ1) is 14.0. The van der Waals surface area contributed by atoms with Crippen LogP contribution in [0.4, 0.5) is 5.69 Å². The third-order valence-corrected chi connectivity index (χ3v) is 4.40. The molecule has 23 heavy (non-hydrogen) atoms. The summed E-state index contributed by atoms with van der Waals surface area (Å²) < 4.78 is 0. The van der Waals surface area contributed by atoms with Gasteiger partial charge in [-0.1, -0.05) is 36.4 Å². The van der Waals surface area contributed by atoms with Gasteiger partial charge in [-0.3, -0.25) is 9.89 Å². The molecule has 0 saturated carbocycles. The van der Waals surface area contributed by atoms with Crippen molar-refractivity contribution in [2.45, 2.75) is 19.9 Å². The molecule has 1 aliphatic rings. The predicted molar refractivity (Wildman–Crippen MR) is 90.6 cm³/mol. The van der Waals surface area contributed by atoms with Crippen LogP contribution in [0.1, 0.15) is 27.3 Å². The number of aromatic amines is 1. The highest BCUT2D eigenvalue weighted by Gasteiger charge is 2.22. The van der Waals surface area contributed by atoms with E-state index in [-0.39, 0.29) is 5.91 Å². The lowest BCUT2D eigenvalue weighted by Crippen LogP contribution is -2.25. The summed E-state index contributed by atoms with van der Waals surface area (Å²) in [7, 11) is 0. The minimum Gasteiger partial charge on any atom is -0.320 e. The Balaban J connectivity index is 1.72. The second kappa shape index (κ2) is 5.52. The molecule has 0 radical (unpaired) electrons. The van der Waals surface area contributed by atoms with Gasteiger partial charge in [-0.2, -0.15) is 5.10 Å². The first-order valence-corrected chi connectivity index (χ1v) is 7.80. The van der Waals surface area contributed by atoms with Gasteiger partial charge in [0.15, 0.2) is 5.69 Å². The Morgan fingerprint density at radius 1 is 1.22 bits per heavy atom. The standard InChI is InChI=1S/C18H18N4O/c1-11-6-7-12-4-2-3-5-13(12)16(11)20-18(23)17-14-8-9-19-10-15(14)21-22-17/h2-7,19H,8-10H2,1H3,(H,20,23)(H,21,22). The fraction of sp³-hybridized carbons (Fsp3) is 0.222. The summed E-state index contributed by atoms with van der Waals surface area (Å²) >= 11 is 0. The summed E-state index contributed by atoms with van der Waals surface area (Å²) in [6, 6.07) is 12.2. The number of fused-ring (bicyclic) bond motifs is 2. The average Bonchev–Trinajstić information content (AvgIpc) is 3.01. The number of nitrogens with zero attached hydrogens (tertiary/aromatic N) is 1. The molecule has 2 aromatic carbocycles. The van der Waals surface area contributed by atoms with Crippen molar-refractivity contribution < 1.29 is 4.79 Å². The number of hydrogen-bond acceptors (Lipinski definition) is 3. The molecule has 2 heterocycles. The van der Waals surface area contributed by atoms with Crippen molar-refractivity contribution in [2.75, 3.05) is 11.9 Å². The number of aromatic nitrogens is 2. The van der Waals surface area contributed by atoms with Crippen LogP contribution in [0.2, 0.25) is 0 Å². The van der Waals surface area contributed by atoms with Gasteiger partial charge in [-0.05, 0) is 30.8 Å². The number of nitrogens with one attached hydrogen (secondary N) is 3. The lowest BCUT2D eigenvalue weighted by Gasteiger charge is -2.14. The van der Waals surface area contributed by atoms with Gasteiger partial charge in [0.1, 0.15) is 0 Å². The van der Waals surface area contributed by atoms with E-state index in [4.69, 9.17) is 0 Å². The molecule has 1 aromatic heterocycles. The highest BCUT2D eigenvalue weighted by atomic mass is 16.1. The minimum absolute atomic E-state index is 0.149. The van der Waals surface area contributed by atoms with Crippen LogP contribution in [0.3, 0.4) is 0 Å². The van der Waals surface area contributed by atoms with E-state index >= 15 is 0 Å². The average molecular weight is 306 g/mol. The van der Waals surface area contributed by atoms with Crippen molar-refractivity contribution in [3.63, 3.8) is 0 Å². The predicted octanol–water partition coefficient (Wildman–Crippen LogP) is 2.77. The topological polar surface area (TPSA) is 69.8 Å². The van der Waals surface area contributed by atoms with Gasteiger partial charge in [-0.25, -0.2) is 0 Å². The zero-order chi connectivity index (χ0) is 15.8. The zero-order valence-electron chi connectivity index (χ0n) is 12.9. The SMILES string of the molecule is Cc1ccc2ccccc2c1NC(=O)c1n[nH]c2c1CCNC2. The molecule has 0 saturated heterocycles. The third-order valence-electron chi connectivity index (χ3n) is 4.40. The van der Waals surface area contributed by atoms with E-state index in [0.717, 1.165) is 52.8 Å². The van der Waals surface area contributed by atoms with Crippen LogP contribution in [0, 0.1) is 6.92 Å². The fourth-order valence-electron chi connectivity index (χ4n) is 3.15. The molecule has 1 aliphatic heterocycles. The van der Waals surface area contributed by atoms with Gasteiger partial charge >= 0.3 is 0 Å². The molecule has 0 unspecified atom stereocenters. The maximum atomic E-state index is 12.7. The number of H-pyrrole nitrogens is 1. The van der Waals surface area contributed by atoms with E-state index in [1.54, 1.807) is 0 Å². The van der Waals surface area contributed by atoms with Gasteiger partial charge in [0.05, 0.1) is 11.4 Å². The van der Waals surface area contributed by atoms with Crippen molar-refractivity contribution >= 4 is 22.4 Å². The number of hydrogen-bond donors (Lipinski definition) is 3. The molecule has 0 fully saturated rings.